The molecule has 0 aromatic heterocycles. The van der Waals surface area contributed by atoms with E-state index in [0.717, 1.165) is 89.9 Å². The highest BCUT2D eigenvalue weighted by atomic mass is 16.6. The van der Waals surface area contributed by atoms with Gasteiger partial charge in [-0.25, -0.2) is 0 Å². The van der Waals surface area contributed by atoms with Gasteiger partial charge in [-0.1, -0.05) is 331 Å². The summed E-state index contributed by atoms with van der Waals surface area (Å²) in [5.74, 6) is -0.941. The molecule has 0 aromatic carbocycles. The summed E-state index contributed by atoms with van der Waals surface area (Å²) in [6.45, 7) is 6.52. The molecule has 1 unspecified atom stereocenters. The summed E-state index contributed by atoms with van der Waals surface area (Å²) < 4.78 is 16.9. The molecule has 78 heavy (non-hydrogen) atoms. The molecule has 0 aliphatic rings. The van der Waals surface area contributed by atoms with Crippen LogP contribution in [0, 0.1) is 0 Å². The van der Waals surface area contributed by atoms with E-state index in [0.29, 0.717) is 19.3 Å². The minimum Gasteiger partial charge on any atom is -0.462 e. The summed E-state index contributed by atoms with van der Waals surface area (Å²) in [5, 5.41) is 0. The Morgan fingerprint density at radius 2 is 0.500 bits per heavy atom. The molecule has 0 aliphatic heterocycles. The van der Waals surface area contributed by atoms with Crippen LogP contribution in [0.5, 0.6) is 0 Å². The van der Waals surface area contributed by atoms with Gasteiger partial charge in [0, 0.05) is 19.3 Å². The summed E-state index contributed by atoms with van der Waals surface area (Å²) in [6, 6.07) is 0. The highest BCUT2D eigenvalue weighted by Gasteiger charge is 2.19. The Kier molecular flexibility index (Phi) is 63.2. The average Bonchev–Trinajstić information content (AvgIpc) is 3.44. The fourth-order valence-corrected chi connectivity index (χ4v) is 9.67. The van der Waals surface area contributed by atoms with Crippen molar-refractivity contribution in [2.75, 3.05) is 13.2 Å². The third-order valence-corrected chi connectivity index (χ3v) is 14.7. The zero-order valence-corrected chi connectivity index (χ0v) is 51.7. The van der Waals surface area contributed by atoms with E-state index in [1.165, 1.54) is 199 Å². The second-order valence-electron chi connectivity index (χ2n) is 22.4. The van der Waals surface area contributed by atoms with E-state index < -0.39 is 6.10 Å². The van der Waals surface area contributed by atoms with Gasteiger partial charge in [0.25, 0.3) is 0 Å². The summed E-state index contributed by atoms with van der Waals surface area (Å²) in [7, 11) is 0. The van der Waals surface area contributed by atoms with Crippen molar-refractivity contribution in [3.8, 4) is 0 Å². The lowest BCUT2D eigenvalue weighted by atomic mass is 10.0. The molecule has 0 bridgehead atoms. The van der Waals surface area contributed by atoms with Crippen LogP contribution >= 0.6 is 0 Å². The van der Waals surface area contributed by atoms with Gasteiger partial charge in [-0.15, -0.1) is 0 Å². The number of esters is 3. The van der Waals surface area contributed by atoms with E-state index in [9.17, 15) is 14.4 Å². The lowest BCUT2D eigenvalue weighted by molar-refractivity contribution is -0.167. The Balaban J connectivity index is 4.31. The van der Waals surface area contributed by atoms with Crippen molar-refractivity contribution in [3.05, 3.63) is 85.1 Å². The topological polar surface area (TPSA) is 78.9 Å². The highest BCUT2D eigenvalue weighted by Crippen LogP contribution is 2.18. The lowest BCUT2D eigenvalue weighted by Crippen LogP contribution is -2.30. The van der Waals surface area contributed by atoms with Crippen molar-refractivity contribution < 1.29 is 28.6 Å². The van der Waals surface area contributed by atoms with E-state index in [1.807, 2.05) is 0 Å². The third kappa shape index (κ3) is 63.4. The lowest BCUT2D eigenvalue weighted by Gasteiger charge is -2.18. The van der Waals surface area contributed by atoms with Crippen molar-refractivity contribution in [1.82, 2.24) is 0 Å². The van der Waals surface area contributed by atoms with Crippen LogP contribution in [-0.2, 0) is 28.6 Å². The molecule has 0 spiro atoms. The third-order valence-electron chi connectivity index (χ3n) is 14.7. The van der Waals surface area contributed by atoms with Crippen molar-refractivity contribution >= 4 is 17.9 Å². The van der Waals surface area contributed by atoms with Crippen LogP contribution < -0.4 is 0 Å². The van der Waals surface area contributed by atoms with E-state index in [2.05, 4.69) is 106 Å². The van der Waals surface area contributed by atoms with Crippen molar-refractivity contribution in [2.24, 2.45) is 0 Å². The van der Waals surface area contributed by atoms with E-state index in [-0.39, 0.29) is 37.5 Å². The second kappa shape index (κ2) is 66.1. The highest BCUT2D eigenvalue weighted by molar-refractivity contribution is 5.71. The summed E-state index contributed by atoms with van der Waals surface area (Å²) in [6.07, 6.45) is 87.6. The zero-order valence-electron chi connectivity index (χ0n) is 51.7. The monoisotopic (exact) mass is 1090 g/mol. The first-order valence-electron chi connectivity index (χ1n) is 33.6. The molecule has 0 heterocycles. The molecule has 0 aliphatic carbocycles. The molecular formula is C72H126O6. The SMILES string of the molecule is CC/C=C\C/C=C\C/C=C\C/C=C\C/C=C\C/C=C\C/C=C\CCCC(=O)OC(COC(=O)CCCCCCCCCCCCC)COC(=O)CCCCCCCCCCCCCCCCCCCCCCCCCCCC. The van der Waals surface area contributed by atoms with Crippen LogP contribution in [0.15, 0.2) is 85.1 Å². The fourth-order valence-electron chi connectivity index (χ4n) is 9.67. The second-order valence-corrected chi connectivity index (χ2v) is 22.4. The molecule has 0 aromatic rings. The van der Waals surface area contributed by atoms with E-state index in [4.69, 9.17) is 14.2 Å². The van der Waals surface area contributed by atoms with Crippen molar-refractivity contribution in [3.63, 3.8) is 0 Å². The summed E-state index contributed by atoms with van der Waals surface area (Å²) in [4.78, 5) is 38.3. The minimum absolute atomic E-state index is 0.0956. The number of hydrogen-bond acceptors (Lipinski definition) is 6. The average molecular weight is 1090 g/mol. The van der Waals surface area contributed by atoms with E-state index in [1.54, 1.807) is 0 Å². The maximum atomic E-state index is 12.9. The Labute approximate surface area is 484 Å². The summed E-state index contributed by atoms with van der Waals surface area (Å²) in [5.41, 5.74) is 0. The van der Waals surface area contributed by atoms with Crippen LogP contribution in [-0.4, -0.2) is 37.2 Å². The molecule has 0 radical (unpaired) electrons. The normalized spacial score (nSPS) is 12.6. The van der Waals surface area contributed by atoms with Crippen LogP contribution in [0.2, 0.25) is 0 Å². The maximum Gasteiger partial charge on any atom is 0.306 e. The number of unbranched alkanes of at least 4 members (excludes halogenated alkanes) is 36. The van der Waals surface area contributed by atoms with E-state index >= 15 is 0 Å². The standard InChI is InChI=1S/C72H126O6/c1-4-7-10-13-16-19-22-24-26-28-30-32-34-35-36-38-39-41-43-45-47-50-53-56-59-62-65-71(74)77-68-69(67-76-70(73)64-61-58-55-52-49-21-18-15-12-9-6-3)78-72(75)66-63-60-57-54-51-48-46-44-42-40-37-33-31-29-27-25-23-20-17-14-11-8-5-2/h8,11,17,20,25,27,31,33,40,42,46,48,54,57,69H,4-7,9-10,12-16,18-19,21-24,26,28-30,32,34-39,41,43-45,47,49-53,55-56,58-68H2,1-3H3/b11-8-,20-17-,27-25-,33-31-,42-40-,48-46-,57-54-. The molecule has 6 nitrogen and oxygen atoms in total. The molecule has 0 saturated carbocycles. The van der Waals surface area contributed by atoms with Gasteiger partial charge in [0.15, 0.2) is 6.10 Å². The predicted molar refractivity (Wildman–Crippen MR) is 339 cm³/mol. The predicted octanol–water partition coefficient (Wildman–Crippen LogP) is 23.1. The van der Waals surface area contributed by atoms with Crippen LogP contribution in [0.3, 0.4) is 0 Å². The largest absolute Gasteiger partial charge is 0.462 e. The fraction of sp³-hybridized carbons (Fsp3) is 0.764. The maximum absolute atomic E-state index is 12.9. The number of carbonyl (C=O) groups is 3. The van der Waals surface area contributed by atoms with Crippen LogP contribution in [0.1, 0.15) is 335 Å². The van der Waals surface area contributed by atoms with Gasteiger partial charge in [-0.2, -0.15) is 0 Å². The first-order chi connectivity index (χ1) is 38.5. The van der Waals surface area contributed by atoms with Gasteiger partial charge in [-0.3, -0.25) is 14.4 Å². The molecule has 6 heteroatoms. The number of ether oxygens (including phenoxy) is 3. The molecule has 0 rings (SSSR count). The van der Waals surface area contributed by atoms with Gasteiger partial charge >= 0.3 is 17.9 Å². The molecule has 0 fully saturated rings. The number of allylic oxidation sites excluding steroid dienone is 14. The molecule has 1 atom stereocenters. The molecule has 0 amide bonds. The first-order valence-corrected chi connectivity index (χ1v) is 33.6. The van der Waals surface area contributed by atoms with Gasteiger partial charge in [0.05, 0.1) is 0 Å². The molecule has 0 saturated heterocycles. The minimum atomic E-state index is -0.805. The van der Waals surface area contributed by atoms with Crippen LogP contribution in [0.25, 0.3) is 0 Å². The Bertz CT molecular complexity index is 1480. The molecular weight excluding hydrogens is 961 g/mol. The molecule has 0 N–H and O–H groups in total. The quantitative estimate of drug-likeness (QED) is 0.0261. The first kappa shape index (κ1) is 74.6. The van der Waals surface area contributed by atoms with Gasteiger partial charge in [-0.05, 0) is 70.6 Å². The molecule has 450 valence electrons. The van der Waals surface area contributed by atoms with Gasteiger partial charge < -0.3 is 14.2 Å². The zero-order chi connectivity index (χ0) is 56.4. The number of hydrogen-bond donors (Lipinski definition) is 0. The summed E-state index contributed by atoms with van der Waals surface area (Å²) >= 11 is 0. The van der Waals surface area contributed by atoms with Crippen molar-refractivity contribution in [2.45, 2.75) is 341 Å². The van der Waals surface area contributed by atoms with Gasteiger partial charge in [0.1, 0.15) is 13.2 Å². The number of rotatable bonds is 61. The smallest absolute Gasteiger partial charge is 0.306 e. The Hall–Kier alpha value is -3.41. The number of carbonyl (C=O) groups excluding carboxylic acids is 3. The Morgan fingerprint density at radius 3 is 0.769 bits per heavy atom. The Morgan fingerprint density at radius 1 is 0.269 bits per heavy atom. The van der Waals surface area contributed by atoms with Crippen molar-refractivity contribution in [1.29, 1.82) is 0 Å². The van der Waals surface area contributed by atoms with Gasteiger partial charge in [0.2, 0.25) is 0 Å². The van der Waals surface area contributed by atoms with Crippen LogP contribution in [0.4, 0.5) is 0 Å².